The van der Waals surface area contributed by atoms with Gasteiger partial charge in [0.25, 0.3) is 5.56 Å². The highest BCUT2D eigenvalue weighted by molar-refractivity contribution is 5.86. The first-order chi connectivity index (χ1) is 16.8. The van der Waals surface area contributed by atoms with Gasteiger partial charge in [-0.2, -0.15) is 23.5 Å². The lowest BCUT2D eigenvalue weighted by Gasteiger charge is -2.09. The Labute approximate surface area is 196 Å². The van der Waals surface area contributed by atoms with E-state index in [0.717, 1.165) is 12.1 Å². The van der Waals surface area contributed by atoms with Gasteiger partial charge in [-0.25, -0.2) is 10.4 Å². The van der Waals surface area contributed by atoms with Crippen LogP contribution in [-0.4, -0.2) is 21.3 Å². The third kappa shape index (κ3) is 5.20. The lowest BCUT2D eigenvalue weighted by molar-refractivity contribution is -0.137. The van der Waals surface area contributed by atoms with Crippen LogP contribution in [0.2, 0.25) is 0 Å². The van der Waals surface area contributed by atoms with Crippen LogP contribution in [0.3, 0.4) is 0 Å². The fraction of sp³-hybridized carbons (Fsp3) is 0.0400. The number of aromatic nitrogens is 2. The molecule has 3 N–H and O–H groups in total. The van der Waals surface area contributed by atoms with Gasteiger partial charge in [-0.1, -0.05) is 48.5 Å². The molecule has 0 radical (unpaired) electrons. The summed E-state index contributed by atoms with van der Waals surface area (Å²) in [7, 11) is 0. The number of aromatic hydroxyl groups is 1. The Bertz CT molecular complexity index is 1490. The molecular formula is C25H16F3N5O2. The Morgan fingerprint density at radius 1 is 1.00 bits per heavy atom. The summed E-state index contributed by atoms with van der Waals surface area (Å²) >= 11 is 0. The molecule has 4 rings (SSSR count). The molecule has 0 aliphatic rings. The molecule has 0 atom stereocenters. The summed E-state index contributed by atoms with van der Waals surface area (Å²) in [5, 5.41) is 23.5. The molecule has 0 unspecified atom stereocenters. The van der Waals surface area contributed by atoms with Crippen LogP contribution in [0.15, 0.2) is 82.7 Å². The van der Waals surface area contributed by atoms with E-state index in [1.807, 2.05) is 6.07 Å². The number of anilines is 1. The Balaban J connectivity index is 1.59. The molecule has 0 amide bonds. The molecule has 0 fully saturated rings. The molecular weight excluding hydrogens is 459 g/mol. The van der Waals surface area contributed by atoms with Crippen molar-refractivity contribution in [2.24, 2.45) is 5.10 Å². The summed E-state index contributed by atoms with van der Waals surface area (Å²) in [5.74, 6) is -0.139. The quantitative estimate of drug-likeness (QED) is 0.273. The predicted octanol–water partition coefficient (Wildman–Crippen LogP) is 5.15. The minimum absolute atomic E-state index is 0.0255. The average molecular weight is 475 g/mol. The highest BCUT2D eigenvalue weighted by Gasteiger charge is 2.30. The number of hydrazone groups is 1. The molecule has 0 saturated carbocycles. The van der Waals surface area contributed by atoms with Crippen LogP contribution < -0.4 is 11.0 Å². The number of H-pyrrole nitrogens is 1. The van der Waals surface area contributed by atoms with Crippen molar-refractivity contribution in [3.63, 3.8) is 0 Å². The van der Waals surface area contributed by atoms with Gasteiger partial charge in [0.1, 0.15) is 17.4 Å². The average Bonchev–Trinajstić information content (AvgIpc) is 2.85. The zero-order valence-electron chi connectivity index (χ0n) is 17.8. The molecule has 0 aliphatic heterocycles. The highest BCUT2D eigenvalue weighted by atomic mass is 19.4. The zero-order valence-corrected chi connectivity index (χ0v) is 17.8. The van der Waals surface area contributed by atoms with E-state index in [0.29, 0.717) is 16.7 Å². The molecule has 0 saturated heterocycles. The van der Waals surface area contributed by atoms with Crippen molar-refractivity contribution < 1.29 is 18.3 Å². The third-order valence-electron chi connectivity index (χ3n) is 5.03. The van der Waals surface area contributed by atoms with Gasteiger partial charge < -0.3 is 5.11 Å². The van der Waals surface area contributed by atoms with E-state index in [4.69, 9.17) is 0 Å². The molecule has 174 valence electrons. The number of rotatable bonds is 5. The molecule has 0 aliphatic carbocycles. The minimum Gasteiger partial charge on any atom is -0.507 e. The molecule has 3 aromatic carbocycles. The van der Waals surface area contributed by atoms with Crippen molar-refractivity contribution in [3.8, 4) is 34.2 Å². The van der Waals surface area contributed by atoms with Crippen LogP contribution in [0.25, 0.3) is 22.4 Å². The summed E-state index contributed by atoms with van der Waals surface area (Å²) in [6.45, 7) is 0. The highest BCUT2D eigenvalue weighted by Crippen LogP contribution is 2.32. The number of nitrogens with one attached hydrogen (secondary N) is 2. The summed E-state index contributed by atoms with van der Waals surface area (Å²) < 4.78 is 38.4. The fourth-order valence-corrected chi connectivity index (χ4v) is 3.29. The van der Waals surface area contributed by atoms with Crippen LogP contribution >= 0.6 is 0 Å². The Kier molecular flexibility index (Phi) is 6.33. The smallest absolute Gasteiger partial charge is 0.416 e. The Morgan fingerprint density at radius 3 is 2.34 bits per heavy atom. The molecule has 0 spiro atoms. The number of hydrogen-bond donors (Lipinski definition) is 3. The van der Waals surface area contributed by atoms with Crippen molar-refractivity contribution in [1.82, 2.24) is 9.97 Å². The zero-order chi connectivity index (χ0) is 25.0. The van der Waals surface area contributed by atoms with Crippen LogP contribution in [0.5, 0.6) is 5.75 Å². The van der Waals surface area contributed by atoms with Crippen molar-refractivity contribution in [2.45, 2.75) is 6.18 Å². The topological polar surface area (TPSA) is 114 Å². The van der Waals surface area contributed by atoms with Gasteiger partial charge in [-0.05, 0) is 35.4 Å². The van der Waals surface area contributed by atoms with Crippen molar-refractivity contribution in [3.05, 3.63) is 99.8 Å². The van der Waals surface area contributed by atoms with Crippen LogP contribution in [-0.2, 0) is 6.18 Å². The van der Waals surface area contributed by atoms with Gasteiger partial charge in [-0.15, -0.1) is 0 Å². The second kappa shape index (κ2) is 9.52. The first kappa shape index (κ1) is 23.3. The van der Waals surface area contributed by atoms with Gasteiger partial charge in [0.05, 0.1) is 17.5 Å². The van der Waals surface area contributed by atoms with E-state index in [2.05, 4.69) is 20.5 Å². The van der Waals surface area contributed by atoms with E-state index in [-0.39, 0.29) is 28.5 Å². The number of nitrogens with zero attached hydrogens (tertiary/aromatic N) is 3. The van der Waals surface area contributed by atoms with E-state index in [9.17, 15) is 28.3 Å². The number of halogens is 3. The lowest BCUT2D eigenvalue weighted by atomic mass is 10.0. The number of hydrogen-bond acceptors (Lipinski definition) is 6. The minimum atomic E-state index is -4.43. The fourth-order valence-electron chi connectivity index (χ4n) is 3.29. The van der Waals surface area contributed by atoms with Crippen molar-refractivity contribution in [2.75, 3.05) is 5.43 Å². The SMILES string of the molecule is N#Cc1c(-c2ccccc2)nc(NN=Cc2cc(-c3ccc(C(F)(F)F)cc3)ccc2O)[nH]c1=O. The standard InChI is InChI=1S/C25H16F3N5O2/c26-25(27,28)19-9-6-15(7-10-19)17-8-11-21(34)18(12-17)14-30-33-24-31-22(16-4-2-1-3-5-16)20(13-29)23(35)32-24/h1-12,14,34H,(H2,31,32,33,35). The van der Waals surface area contributed by atoms with Crippen LogP contribution in [0.1, 0.15) is 16.7 Å². The summed E-state index contributed by atoms with van der Waals surface area (Å²) in [6, 6.07) is 19.7. The van der Waals surface area contributed by atoms with Gasteiger partial charge in [-0.3, -0.25) is 9.78 Å². The van der Waals surface area contributed by atoms with E-state index in [1.54, 1.807) is 42.5 Å². The number of phenolic OH excluding ortho intramolecular Hbond substituents is 1. The largest absolute Gasteiger partial charge is 0.507 e. The number of aromatic amines is 1. The first-order valence-electron chi connectivity index (χ1n) is 10.2. The van der Waals surface area contributed by atoms with Crippen molar-refractivity contribution in [1.29, 1.82) is 5.26 Å². The van der Waals surface area contributed by atoms with Crippen LogP contribution in [0, 0.1) is 11.3 Å². The monoisotopic (exact) mass is 475 g/mol. The number of phenols is 1. The van der Waals surface area contributed by atoms with E-state index >= 15 is 0 Å². The lowest BCUT2D eigenvalue weighted by Crippen LogP contribution is -2.16. The van der Waals surface area contributed by atoms with E-state index in [1.165, 1.54) is 24.4 Å². The Morgan fingerprint density at radius 2 is 1.69 bits per heavy atom. The third-order valence-corrected chi connectivity index (χ3v) is 5.03. The molecule has 10 heteroatoms. The maximum Gasteiger partial charge on any atom is 0.416 e. The summed E-state index contributed by atoms with van der Waals surface area (Å²) in [4.78, 5) is 19.0. The summed E-state index contributed by atoms with van der Waals surface area (Å²) in [6.07, 6.45) is -3.17. The Hall–Kier alpha value is -4.91. The maximum atomic E-state index is 12.8. The van der Waals surface area contributed by atoms with Gasteiger partial charge in [0.2, 0.25) is 5.95 Å². The number of nitriles is 1. The number of benzene rings is 3. The number of alkyl halides is 3. The predicted molar refractivity (Wildman–Crippen MR) is 125 cm³/mol. The normalized spacial score (nSPS) is 11.4. The van der Waals surface area contributed by atoms with Gasteiger partial charge in [0.15, 0.2) is 0 Å². The second-order valence-electron chi connectivity index (χ2n) is 7.33. The molecule has 1 aromatic heterocycles. The van der Waals surface area contributed by atoms with E-state index < -0.39 is 17.3 Å². The molecule has 4 aromatic rings. The van der Waals surface area contributed by atoms with Crippen LogP contribution in [0.4, 0.5) is 19.1 Å². The summed E-state index contributed by atoms with van der Waals surface area (Å²) in [5.41, 5.74) is 3.12. The molecule has 35 heavy (non-hydrogen) atoms. The van der Waals surface area contributed by atoms with Crippen molar-refractivity contribution >= 4 is 12.2 Å². The molecule has 7 nitrogen and oxygen atoms in total. The maximum absolute atomic E-state index is 12.8. The second-order valence-corrected chi connectivity index (χ2v) is 7.33. The molecule has 1 heterocycles. The molecule has 0 bridgehead atoms. The first-order valence-corrected chi connectivity index (χ1v) is 10.2. The van der Waals surface area contributed by atoms with Gasteiger partial charge in [0, 0.05) is 11.1 Å². The van der Waals surface area contributed by atoms with Gasteiger partial charge >= 0.3 is 6.18 Å².